The van der Waals surface area contributed by atoms with Gasteiger partial charge in [-0.1, -0.05) is 33.1 Å². The van der Waals surface area contributed by atoms with Crippen LogP contribution in [0, 0.1) is 22.7 Å². The van der Waals surface area contributed by atoms with Crippen LogP contribution < -0.4 is 0 Å². The molecule has 0 bridgehead atoms. The van der Waals surface area contributed by atoms with Crippen molar-refractivity contribution in [3.8, 4) is 6.07 Å². The van der Waals surface area contributed by atoms with Crippen LogP contribution in [0.1, 0.15) is 58.8 Å². The Morgan fingerprint density at radius 2 is 2.12 bits per heavy atom. The molecule has 92 valence electrons. The second-order valence-corrected chi connectivity index (χ2v) is 5.27. The van der Waals surface area contributed by atoms with E-state index < -0.39 is 0 Å². The topological polar surface area (TPSA) is 33.0 Å². The molecule has 1 aliphatic rings. The average Bonchev–Trinajstić information content (AvgIpc) is 3.04. The summed E-state index contributed by atoms with van der Waals surface area (Å²) in [4.78, 5) is 0. The third kappa shape index (κ3) is 4.53. The van der Waals surface area contributed by atoms with Gasteiger partial charge in [-0.3, -0.25) is 0 Å². The number of unbranched alkanes of at least 4 members (excludes halogenated alkanes) is 1. The molecule has 0 spiro atoms. The van der Waals surface area contributed by atoms with Crippen LogP contribution in [0.5, 0.6) is 0 Å². The van der Waals surface area contributed by atoms with Gasteiger partial charge in [0.05, 0.1) is 12.7 Å². The molecule has 1 unspecified atom stereocenters. The molecule has 1 atom stereocenters. The monoisotopic (exact) mass is 223 g/mol. The fraction of sp³-hybridized carbons (Fsp3) is 0.929. The van der Waals surface area contributed by atoms with Crippen LogP contribution in [0.15, 0.2) is 0 Å². The first-order chi connectivity index (χ1) is 7.76. The van der Waals surface area contributed by atoms with Gasteiger partial charge >= 0.3 is 0 Å². The fourth-order valence-corrected chi connectivity index (χ4v) is 2.06. The standard InChI is InChI=1S/C14H25NO/c1-3-5-6-13(4-2)11-16-12-14(7-8-14)9-10-15/h13H,3-9,11-12H2,1-2H3. The van der Waals surface area contributed by atoms with Crippen LogP contribution in [0.4, 0.5) is 0 Å². The third-order valence-corrected chi connectivity index (χ3v) is 3.72. The van der Waals surface area contributed by atoms with Crippen LogP contribution in [-0.4, -0.2) is 13.2 Å². The zero-order chi connectivity index (χ0) is 11.9. The normalized spacial score (nSPS) is 19.1. The molecular formula is C14H25NO. The maximum atomic E-state index is 8.71. The van der Waals surface area contributed by atoms with E-state index in [1.54, 1.807) is 0 Å². The maximum absolute atomic E-state index is 8.71. The van der Waals surface area contributed by atoms with Crippen molar-refractivity contribution in [3.63, 3.8) is 0 Å². The van der Waals surface area contributed by atoms with Gasteiger partial charge in [-0.25, -0.2) is 0 Å². The van der Waals surface area contributed by atoms with E-state index in [0.717, 1.165) is 19.1 Å². The first-order valence-corrected chi connectivity index (χ1v) is 6.71. The maximum Gasteiger partial charge on any atom is 0.0628 e. The van der Waals surface area contributed by atoms with Crippen molar-refractivity contribution in [2.45, 2.75) is 58.8 Å². The van der Waals surface area contributed by atoms with Crippen LogP contribution in [0.2, 0.25) is 0 Å². The summed E-state index contributed by atoms with van der Waals surface area (Å²) in [5.74, 6) is 0.720. The van der Waals surface area contributed by atoms with Gasteiger partial charge in [0, 0.05) is 18.4 Å². The number of ether oxygens (including phenoxy) is 1. The minimum Gasteiger partial charge on any atom is -0.381 e. The van der Waals surface area contributed by atoms with Crippen molar-refractivity contribution < 1.29 is 4.74 Å². The van der Waals surface area contributed by atoms with Gasteiger partial charge in [-0.2, -0.15) is 5.26 Å². The minimum atomic E-state index is 0.248. The Balaban J connectivity index is 2.11. The van der Waals surface area contributed by atoms with Crippen molar-refractivity contribution in [2.24, 2.45) is 11.3 Å². The van der Waals surface area contributed by atoms with Gasteiger partial charge in [0.1, 0.15) is 0 Å². The van der Waals surface area contributed by atoms with Crippen molar-refractivity contribution in [2.75, 3.05) is 13.2 Å². The van der Waals surface area contributed by atoms with E-state index in [1.165, 1.54) is 38.5 Å². The number of rotatable bonds is 9. The van der Waals surface area contributed by atoms with Crippen LogP contribution in [-0.2, 0) is 4.74 Å². The van der Waals surface area contributed by atoms with E-state index in [0.29, 0.717) is 6.42 Å². The molecule has 16 heavy (non-hydrogen) atoms. The molecule has 1 fully saturated rings. The average molecular weight is 223 g/mol. The number of hydrogen-bond acceptors (Lipinski definition) is 2. The zero-order valence-corrected chi connectivity index (χ0v) is 10.8. The first-order valence-electron chi connectivity index (χ1n) is 6.71. The summed E-state index contributed by atoms with van der Waals surface area (Å²) in [6.07, 6.45) is 8.14. The smallest absolute Gasteiger partial charge is 0.0628 e. The Labute approximate surface area is 100.0 Å². The molecule has 0 N–H and O–H groups in total. The highest BCUT2D eigenvalue weighted by molar-refractivity contribution is 4.99. The quantitative estimate of drug-likeness (QED) is 0.593. The Hall–Kier alpha value is -0.550. The van der Waals surface area contributed by atoms with E-state index >= 15 is 0 Å². The molecule has 0 radical (unpaired) electrons. The lowest BCUT2D eigenvalue weighted by atomic mass is 10.0. The van der Waals surface area contributed by atoms with E-state index in [-0.39, 0.29) is 5.41 Å². The van der Waals surface area contributed by atoms with Gasteiger partial charge < -0.3 is 4.74 Å². The molecule has 0 saturated heterocycles. The molecule has 0 aromatic heterocycles. The number of nitrogens with zero attached hydrogens (tertiary/aromatic N) is 1. The highest BCUT2D eigenvalue weighted by atomic mass is 16.5. The molecule has 1 saturated carbocycles. The van der Waals surface area contributed by atoms with Crippen LogP contribution in [0.25, 0.3) is 0 Å². The summed E-state index contributed by atoms with van der Waals surface area (Å²) >= 11 is 0. The van der Waals surface area contributed by atoms with Crippen LogP contribution in [0.3, 0.4) is 0 Å². The molecule has 2 heteroatoms. The predicted octanol–water partition coefficient (Wildman–Crippen LogP) is 3.91. The van der Waals surface area contributed by atoms with E-state index in [9.17, 15) is 0 Å². The van der Waals surface area contributed by atoms with Crippen molar-refractivity contribution in [1.29, 1.82) is 5.26 Å². The Morgan fingerprint density at radius 1 is 1.38 bits per heavy atom. The van der Waals surface area contributed by atoms with Crippen molar-refractivity contribution in [3.05, 3.63) is 0 Å². The highest BCUT2D eigenvalue weighted by Gasteiger charge is 2.42. The van der Waals surface area contributed by atoms with Gasteiger partial charge in [-0.05, 0) is 25.2 Å². The summed E-state index contributed by atoms with van der Waals surface area (Å²) in [5.41, 5.74) is 0.248. The Kier molecular flexibility index (Phi) is 5.84. The largest absolute Gasteiger partial charge is 0.381 e. The SMILES string of the molecule is CCCCC(CC)COCC1(CC#N)CC1. The predicted molar refractivity (Wildman–Crippen MR) is 66.0 cm³/mol. The molecule has 1 rings (SSSR count). The molecular weight excluding hydrogens is 198 g/mol. The lowest BCUT2D eigenvalue weighted by molar-refractivity contribution is 0.0606. The summed E-state index contributed by atoms with van der Waals surface area (Å²) in [6.45, 7) is 6.18. The third-order valence-electron chi connectivity index (χ3n) is 3.72. The molecule has 0 aliphatic heterocycles. The highest BCUT2D eigenvalue weighted by Crippen LogP contribution is 2.48. The Bertz CT molecular complexity index is 227. The molecule has 0 heterocycles. The fourth-order valence-electron chi connectivity index (χ4n) is 2.06. The van der Waals surface area contributed by atoms with E-state index in [4.69, 9.17) is 10.00 Å². The summed E-state index contributed by atoms with van der Waals surface area (Å²) in [6, 6.07) is 2.28. The summed E-state index contributed by atoms with van der Waals surface area (Å²) in [7, 11) is 0. The van der Waals surface area contributed by atoms with Gasteiger partial charge in [0.15, 0.2) is 0 Å². The van der Waals surface area contributed by atoms with Crippen molar-refractivity contribution in [1.82, 2.24) is 0 Å². The second-order valence-electron chi connectivity index (χ2n) is 5.27. The minimum absolute atomic E-state index is 0.248. The molecule has 0 aromatic carbocycles. The van der Waals surface area contributed by atoms with Crippen LogP contribution >= 0.6 is 0 Å². The molecule has 1 aliphatic carbocycles. The van der Waals surface area contributed by atoms with Gasteiger partial charge in [0.2, 0.25) is 0 Å². The molecule has 0 amide bonds. The zero-order valence-electron chi connectivity index (χ0n) is 10.8. The van der Waals surface area contributed by atoms with Gasteiger partial charge in [-0.15, -0.1) is 0 Å². The van der Waals surface area contributed by atoms with E-state index in [2.05, 4.69) is 19.9 Å². The first kappa shape index (κ1) is 13.5. The molecule has 2 nitrogen and oxygen atoms in total. The van der Waals surface area contributed by atoms with E-state index in [1.807, 2.05) is 0 Å². The summed E-state index contributed by atoms with van der Waals surface area (Å²) < 4.78 is 5.81. The van der Waals surface area contributed by atoms with Crippen molar-refractivity contribution >= 4 is 0 Å². The molecule has 0 aromatic rings. The van der Waals surface area contributed by atoms with Gasteiger partial charge in [0.25, 0.3) is 0 Å². The number of nitriles is 1. The lowest BCUT2D eigenvalue weighted by Gasteiger charge is -2.17. The Morgan fingerprint density at radius 3 is 2.62 bits per heavy atom. The lowest BCUT2D eigenvalue weighted by Crippen LogP contribution is -2.15. The second kappa shape index (κ2) is 6.91. The summed E-state index contributed by atoms with van der Waals surface area (Å²) in [5, 5.41) is 8.71. The number of hydrogen-bond donors (Lipinski definition) is 0.